The molecule has 0 bridgehead atoms. The number of piperidine rings is 1. The summed E-state index contributed by atoms with van der Waals surface area (Å²) >= 11 is 0. The van der Waals surface area contributed by atoms with Gasteiger partial charge in [0.05, 0.1) is 6.54 Å². The number of hydrogen-bond donors (Lipinski definition) is 1. The Balaban J connectivity index is 1.81. The van der Waals surface area contributed by atoms with Crippen LogP contribution in [-0.4, -0.2) is 61.6 Å². The molecule has 4 nitrogen and oxygen atoms in total. The van der Waals surface area contributed by atoms with E-state index in [1.165, 1.54) is 32.4 Å². The molecule has 1 unspecified atom stereocenters. The first-order valence-corrected chi connectivity index (χ1v) is 7.40. The molecule has 2 heterocycles. The van der Waals surface area contributed by atoms with Crippen molar-refractivity contribution >= 4 is 5.96 Å². The van der Waals surface area contributed by atoms with E-state index in [0.717, 1.165) is 31.5 Å². The van der Waals surface area contributed by atoms with Gasteiger partial charge < -0.3 is 10.2 Å². The van der Waals surface area contributed by atoms with Crippen molar-refractivity contribution in [3.05, 3.63) is 0 Å². The molecule has 2 rings (SSSR count). The maximum Gasteiger partial charge on any atom is 0.193 e. The van der Waals surface area contributed by atoms with Crippen molar-refractivity contribution in [2.45, 2.75) is 39.2 Å². The van der Waals surface area contributed by atoms with Crippen LogP contribution in [0.5, 0.6) is 0 Å². The summed E-state index contributed by atoms with van der Waals surface area (Å²) in [6.07, 6.45) is 4.07. The molecule has 1 atom stereocenters. The molecule has 0 aromatic carbocycles. The number of nitrogens with one attached hydrogen (secondary N) is 1. The van der Waals surface area contributed by atoms with Crippen molar-refractivity contribution in [3.8, 4) is 0 Å². The van der Waals surface area contributed by atoms with Crippen LogP contribution in [0.15, 0.2) is 4.99 Å². The molecule has 0 spiro atoms. The largest absolute Gasteiger partial charge is 0.355 e. The third kappa shape index (κ3) is 3.61. The van der Waals surface area contributed by atoms with Gasteiger partial charge in [0.25, 0.3) is 0 Å². The zero-order chi connectivity index (χ0) is 13.0. The van der Waals surface area contributed by atoms with E-state index in [9.17, 15) is 0 Å². The summed E-state index contributed by atoms with van der Waals surface area (Å²) in [6, 6.07) is 0.692. The molecule has 0 radical (unpaired) electrons. The summed E-state index contributed by atoms with van der Waals surface area (Å²) in [7, 11) is 2.12. The summed E-state index contributed by atoms with van der Waals surface area (Å²) in [5.74, 6) is 1.85. The van der Waals surface area contributed by atoms with Gasteiger partial charge in [-0.1, -0.05) is 20.3 Å². The highest BCUT2D eigenvalue weighted by atomic mass is 15.3. The first-order valence-electron chi connectivity index (χ1n) is 7.40. The van der Waals surface area contributed by atoms with Crippen molar-refractivity contribution < 1.29 is 0 Å². The van der Waals surface area contributed by atoms with E-state index in [0.29, 0.717) is 6.04 Å². The van der Waals surface area contributed by atoms with Crippen LogP contribution in [0, 0.1) is 5.92 Å². The van der Waals surface area contributed by atoms with Crippen molar-refractivity contribution in [1.29, 1.82) is 0 Å². The highest BCUT2D eigenvalue weighted by Crippen LogP contribution is 2.17. The molecule has 2 aliphatic heterocycles. The maximum absolute atomic E-state index is 4.50. The minimum atomic E-state index is 0.692. The second kappa shape index (κ2) is 6.41. The highest BCUT2D eigenvalue weighted by Gasteiger charge is 2.23. The number of likely N-dealkylation sites (N-methyl/N-ethyl adjacent to an activating group) is 1. The molecule has 1 fully saturated rings. The number of nitrogens with zero attached hydrogens (tertiary/aromatic N) is 3. The molecule has 18 heavy (non-hydrogen) atoms. The van der Waals surface area contributed by atoms with E-state index >= 15 is 0 Å². The maximum atomic E-state index is 4.50. The van der Waals surface area contributed by atoms with Gasteiger partial charge in [-0.3, -0.25) is 9.89 Å². The third-order valence-corrected chi connectivity index (χ3v) is 3.90. The molecule has 0 saturated carbocycles. The normalized spacial score (nSPS) is 25.7. The van der Waals surface area contributed by atoms with Crippen molar-refractivity contribution in [2.75, 3.05) is 39.8 Å². The summed E-state index contributed by atoms with van der Waals surface area (Å²) in [6.45, 7) is 10.2. The van der Waals surface area contributed by atoms with E-state index in [1.54, 1.807) is 0 Å². The van der Waals surface area contributed by atoms with E-state index in [4.69, 9.17) is 0 Å². The quantitative estimate of drug-likeness (QED) is 0.820. The first-order chi connectivity index (χ1) is 8.66. The standard InChI is InChI=1S/C14H28N4/c1-12(2)11-18-8-5-4-6-13(18)10-16-14-15-7-9-17(14)3/h12-13H,4-11H2,1-3H3,(H,15,16). The van der Waals surface area contributed by atoms with Gasteiger partial charge in [-0.2, -0.15) is 0 Å². The molecule has 0 aromatic heterocycles. The fourth-order valence-electron chi connectivity index (χ4n) is 2.93. The average Bonchev–Trinajstić information content (AvgIpc) is 2.73. The Kier molecular flexibility index (Phi) is 4.87. The van der Waals surface area contributed by atoms with Crippen LogP contribution in [0.2, 0.25) is 0 Å². The summed E-state index contributed by atoms with van der Waals surface area (Å²) in [5.41, 5.74) is 0. The van der Waals surface area contributed by atoms with Crippen LogP contribution in [0.3, 0.4) is 0 Å². The minimum Gasteiger partial charge on any atom is -0.355 e. The second-order valence-electron chi connectivity index (χ2n) is 6.05. The Morgan fingerprint density at radius 3 is 2.83 bits per heavy atom. The van der Waals surface area contributed by atoms with Crippen LogP contribution in [-0.2, 0) is 0 Å². The zero-order valence-corrected chi connectivity index (χ0v) is 12.2. The van der Waals surface area contributed by atoms with Gasteiger partial charge in [-0.15, -0.1) is 0 Å². The first kappa shape index (κ1) is 13.7. The lowest BCUT2D eigenvalue weighted by Gasteiger charge is -2.37. The number of guanidine groups is 1. The monoisotopic (exact) mass is 252 g/mol. The fraction of sp³-hybridized carbons (Fsp3) is 0.929. The van der Waals surface area contributed by atoms with Gasteiger partial charge in [0.1, 0.15) is 0 Å². The Bertz CT molecular complexity index is 288. The van der Waals surface area contributed by atoms with E-state index in [1.807, 2.05) is 0 Å². The van der Waals surface area contributed by atoms with Crippen LogP contribution < -0.4 is 5.32 Å². The summed E-state index contributed by atoms with van der Waals surface area (Å²) < 4.78 is 0. The van der Waals surface area contributed by atoms with Crippen molar-refractivity contribution in [3.63, 3.8) is 0 Å². The van der Waals surface area contributed by atoms with Gasteiger partial charge >= 0.3 is 0 Å². The molecule has 0 aromatic rings. The Morgan fingerprint density at radius 2 is 2.17 bits per heavy atom. The lowest BCUT2D eigenvalue weighted by atomic mass is 10.0. The number of likely N-dealkylation sites (tertiary alicyclic amines) is 1. The Morgan fingerprint density at radius 1 is 1.33 bits per heavy atom. The predicted octanol–water partition coefficient (Wildman–Crippen LogP) is 1.39. The molecule has 1 saturated heterocycles. The van der Waals surface area contributed by atoms with Crippen LogP contribution in [0.4, 0.5) is 0 Å². The second-order valence-corrected chi connectivity index (χ2v) is 6.05. The van der Waals surface area contributed by atoms with Crippen LogP contribution >= 0.6 is 0 Å². The molecule has 1 N–H and O–H groups in total. The number of aliphatic imine (C=N–C) groups is 1. The molecule has 0 amide bonds. The number of hydrogen-bond acceptors (Lipinski definition) is 4. The van der Waals surface area contributed by atoms with Crippen molar-refractivity contribution in [2.24, 2.45) is 10.9 Å². The summed E-state index contributed by atoms with van der Waals surface area (Å²) in [5, 5.41) is 3.54. The van der Waals surface area contributed by atoms with Gasteiger partial charge in [-0.05, 0) is 25.3 Å². The lowest BCUT2D eigenvalue weighted by Crippen LogP contribution is -2.49. The van der Waals surface area contributed by atoms with Gasteiger partial charge in [0.15, 0.2) is 5.96 Å². The average molecular weight is 252 g/mol. The van der Waals surface area contributed by atoms with Gasteiger partial charge in [0, 0.05) is 32.7 Å². The zero-order valence-electron chi connectivity index (χ0n) is 12.2. The summed E-state index contributed by atoms with van der Waals surface area (Å²) in [4.78, 5) is 9.38. The van der Waals surface area contributed by atoms with Crippen molar-refractivity contribution in [1.82, 2.24) is 15.1 Å². The SMILES string of the molecule is CC(C)CN1CCCCC1CNC1=NCCN1C. The molecular weight excluding hydrogens is 224 g/mol. The topological polar surface area (TPSA) is 30.9 Å². The predicted molar refractivity (Wildman–Crippen MR) is 77.0 cm³/mol. The van der Waals surface area contributed by atoms with Crippen LogP contribution in [0.25, 0.3) is 0 Å². The Hall–Kier alpha value is -0.770. The van der Waals surface area contributed by atoms with E-state index in [2.05, 4.69) is 41.0 Å². The molecule has 4 heteroatoms. The molecule has 104 valence electrons. The molecule has 2 aliphatic rings. The smallest absolute Gasteiger partial charge is 0.193 e. The van der Waals surface area contributed by atoms with Gasteiger partial charge in [-0.25, -0.2) is 0 Å². The lowest BCUT2D eigenvalue weighted by molar-refractivity contribution is 0.133. The highest BCUT2D eigenvalue weighted by molar-refractivity contribution is 5.81. The van der Waals surface area contributed by atoms with E-state index < -0.39 is 0 Å². The molecular formula is C14H28N4. The van der Waals surface area contributed by atoms with Crippen LogP contribution in [0.1, 0.15) is 33.1 Å². The third-order valence-electron chi connectivity index (χ3n) is 3.90. The number of rotatable bonds is 4. The fourth-order valence-corrected chi connectivity index (χ4v) is 2.93. The molecule has 0 aliphatic carbocycles. The van der Waals surface area contributed by atoms with Gasteiger partial charge in [0.2, 0.25) is 0 Å². The minimum absolute atomic E-state index is 0.692. The Labute approximate surface area is 111 Å². The van der Waals surface area contributed by atoms with E-state index in [-0.39, 0.29) is 0 Å².